The van der Waals surface area contributed by atoms with Gasteiger partial charge in [-0.3, -0.25) is 4.79 Å². The quantitative estimate of drug-likeness (QED) is 0.377. The number of hydrogen-bond acceptors (Lipinski definition) is 6. The van der Waals surface area contributed by atoms with Gasteiger partial charge in [-0.25, -0.2) is 4.79 Å². The number of amides is 2. The molecule has 232 valence electrons. The standard InChI is InChI=1S/C30H40F3N3O5S/c1-28(2,3)24-17-36(16-21-8-7-13-39-21)26(42-24)34-25(37)22-14-20(30(31,32)33)9-10-23(22)40-18-19-11-12-35(15-19)27(38)41-29(4,5)6/h9-10,14,17,19,21H,7-8,11-13,15-16,18H2,1-6H3/b34-26-/t19-,21+/m0/s1. The molecule has 2 aliphatic heterocycles. The number of nitrogens with zero attached hydrogens (tertiary/aromatic N) is 3. The Kier molecular flexibility index (Phi) is 9.46. The molecule has 1 aromatic carbocycles. The fraction of sp³-hybridized carbons (Fsp3) is 0.633. The molecule has 1 aromatic heterocycles. The fourth-order valence-electron chi connectivity index (χ4n) is 4.77. The van der Waals surface area contributed by atoms with Gasteiger partial charge in [-0.15, -0.1) is 11.3 Å². The zero-order valence-corrected chi connectivity index (χ0v) is 25.9. The van der Waals surface area contributed by atoms with Crippen LogP contribution in [0.15, 0.2) is 29.4 Å². The largest absolute Gasteiger partial charge is 0.492 e. The maximum atomic E-state index is 13.6. The Balaban J connectivity index is 1.59. The maximum Gasteiger partial charge on any atom is 0.416 e. The Hall–Kier alpha value is -2.86. The molecule has 2 amide bonds. The molecular weight excluding hydrogens is 571 g/mol. The first-order valence-electron chi connectivity index (χ1n) is 14.2. The van der Waals surface area contributed by atoms with Gasteiger partial charge in [-0.1, -0.05) is 20.8 Å². The average molecular weight is 612 g/mol. The second-order valence-electron chi connectivity index (χ2n) is 12.9. The van der Waals surface area contributed by atoms with E-state index in [1.807, 2.05) is 31.5 Å². The lowest BCUT2D eigenvalue weighted by molar-refractivity contribution is -0.137. The second kappa shape index (κ2) is 12.4. The van der Waals surface area contributed by atoms with Crippen LogP contribution in [0.25, 0.3) is 0 Å². The lowest BCUT2D eigenvalue weighted by Crippen LogP contribution is -2.35. The number of benzene rings is 1. The summed E-state index contributed by atoms with van der Waals surface area (Å²) in [5, 5.41) is 0. The number of carbonyl (C=O) groups is 2. The van der Waals surface area contributed by atoms with Crippen molar-refractivity contribution in [2.75, 3.05) is 26.3 Å². The molecule has 2 aliphatic rings. The Bertz CT molecular complexity index is 1350. The number of thiazole rings is 1. The molecule has 0 spiro atoms. The Labute approximate surface area is 248 Å². The predicted octanol–water partition coefficient (Wildman–Crippen LogP) is 6.42. The molecule has 0 aliphatic carbocycles. The van der Waals surface area contributed by atoms with Crippen molar-refractivity contribution in [1.82, 2.24) is 9.47 Å². The topological polar surface area (TPSA) is 82.4 Å². The van der Waals surface area contributed by atoms with Crippen molar-refractivity contribution < 1.29 is 37.0 Å². The van der Waals surface area contributed by atoms with E-state index in [2.05, 4.69) is 4.99 Å². The minimum atomic E-state index is -4.64. The third kappa shape index (κ3) is 8.37. The molecule has 0 radical (unpaired) electrons. The van der Waals surface area contributed by atoms with E-state index in [1.165, 1.54) is 17.4 Å². The third-order valence-electron chi connectivity index (χ3n) is 7.03. The van der Waals surface area contributed by atoms with Gasteiger partial charge in [0.15, 0.2) is 4.80 Å². The highest BCUT2D eigenvalue weighted by molar-refractivity contribution is 7.09. The first kappa shape index (κ1) is 32.1. The molecule has 0 N–H and O–H groups in total. The highest BCUT2D eigenvalue weighted by Gasteiger charge is 2.33. The smallest absolute Gasteiger partial charge is 0.416 e. The summed E-state index contributed by atoms with van der Waals surface area (Å²) in [4.78, 5) is 33.2. The molecule has 8 nitrogen and oxygen atoms in total. The zero-order chi connectivity index (χ0) is 30.9. The van der Waals surface area contributed by atoms with E-state index in [0.717, 1.165) is 29.9 Å². The van der Waals surface area contributed by atoms with Gasteiger partial charge in [0.25, 0.3) is 5.91 Å². The molecule has 2 atom stereocenters. The monoisotopic (exact) mass is 611 g/mol. The van der Waals surface area contributed by atoms with Gasteiger partial charge in [0.2, 0.25) is 0 Å². The number of halogens is 3. The summed E-state index contributed by atoms with van der Waals surface area (Å²) in [6, 6.07) is 2.86. The van der Waals surface area contributed by atoms with Crippen LogP contribution in [0.4, 0.5) is 18.0 Å². The molecule has 2 saturated heterocycles. The number of alkyl halides is 3. The van der Waals surface area contributed by atoms with Crippen molar-refractivity contribution in [2.45, 2.75) is 90.6 Å². The van der Waals surface area contributed by atoms with Crippen LogP contribution in [-0.2, 0) is 27.6 Å². The number of hydrogen-bond donors (Lipinski definition) is 0. The molecule has 2 fully saturated rings. The van der Waals surface area contributed by atoms with Crippen molar-refractivity contribution in [1.29, 1.82) is 0 Å². The lowest BCUT2D eigenvalue weighted by atomic mass is 9.95. The van der Waals surface area contributed by atoms with E-state index in [0.29, 0.717) is 37.5 Å². The normalized spacial score (nSPS) is 20.3. The van der Waals surface area contributed by atoms with Crippen LogP contribution in [0.5, 0.6) is 5.75 Å². The van der Waals surface area contributed by atoms with Crippen molar-refractivity contribution in [3.63, 3.8) is 0 Å². The predicted molar refractivity (Wildman–Crippen MR) is 153 cm³/mol. The highest BCUT2D eigenvalue weighted by Crippen LogP contribution is 2.34. The third-order valence-corrected chi connectivity index (χ3v) is 8.48. The summed E-state index contributed by atoms with van der Waals surface area (Å²) in [6.45, 7) is 13.7. The van der Waals surface area contributed by atoms with Gasteiger partial charge >= 0.3 is 12.3 Å². The molecule has 42 heavy (non-hydrogen) atoms. The van der Waals surface area contributed by atoms with Crippen molar-refractivity contribution >= 4 is 23.3 Å². The fourth-order valence-corrected chi connectivity index (χ4v) is 5.82. The van der Waals surface area contributed by atoms with E-state index in [1.54, 1.807) is 25.7 Å². The summed E-state index contributed by atoms with van der Waals surface area (Å²) < 4.78 is 59.9. The van der Waals surface area contributed by atoms with Gasteiger partial charge < -0.3 is 23.7 Å². The molecule has 0 unspecified atom stereocenters. The van der Waals surface area contributed by atoms with E-state index in [9.17, 15) is 22.8 Å². The average Bonchev–Trinajstić information content (AvgIpc) is 3.63. The maximum absolute atomic E-state index is 13.6. The molecule has 2 aromatic rings. The first-order chi connectivity index (χ1) is 19.5. The number of ether oxygens (including phenoxy) is 3. The Morgan fingerprint density at radius 1 is 1.12 bits per heavy atom. The zero-order valence-electron chi connectivity index (χ0n) is 25.0. The molecule has 4 rings (SSSR count). The van der Waals surface area contributed by atoms with Crippen LogP contribution in [-0.4, -0.2) is 59.5 Å². The van der Waals surface area contributed by atoms with Gasteiger partial charge in [0.1, 0.15) is 11.4 Å². The number of likely N-dealkylation sites (tertiary alicyclic amines) is 1. The van der Waals surface area contributed by atoms with Gasteiger partial charge in [0.05, 0.1) is 30.4 Å². The summed E-state index contributed by atoms with van der Waals surface area (Å²) >= 11 is 1.34. The summed E-state index contributed by atoms with van der Waals surface area (Å²) in [6.07, 6.45) is -0.653. The van der Waals surface area contributed by atoms with Crippen LogP contribution in [0, 0.1) is 5.92 Å². The second-order valence-corrected chi connectivity index (χ2v) is 13.9. The molecule has 12 heteroatoms. The van der Waals surface area contributed by atoms with Crippen LogP contribution < -0.4 is 9.54 Å². The van der Waals surface area contributed by atoms with Crippen molar-refractivity contribution in [2.24, 2.45) is 10.9 Å². The molecular formula is C30H40F3N3O5S. The minimum Gasteiger partial charge on any atom is -0.492 e. The minimum absolute atomic E-state index is 0.0134. The number of carbonyl (C=O) groups excluding carboxylic acids is 2. The summed E-state index contributed by atoms with van der Waals surface area (Å²) in [5.41, 5.74) is -2.05. The van der Waals surface area contributed by atoms with Gasteiger partial charge in [-0.05, 0) is 63.6 Å². The molecule has 0 bridgehead atoms. The number of aromatic nitrogens is 1. The number of rotatable bonds is 6. The SMILES string of the molecule is CC(C)(C)OC(=O)N1CC[C@H](COc2ccc(C(F)(F)F)cc2C(=O)/N=c2\sc(C(C)(C)C)cn2C[C@H]2CCCO2)C1. The Morgan fingerprint density at radius 2 is 1.86 bits per heavy atom. The van der Waals surface area contributed by atoms with Crippen LogP contribution >= 0.6 is 11.3 Å². The van der Waals surface area contributed by atoms with Crippen LogP contribution in [0.2, 0.25) is 0 Å². The summed E-state index contributed by atoms with van der Waals surface area (Å²) in [5.74, 6) is -0.869. The Morgan fingerprint density at radius 3 is 2.48 bits per heavy atom. The van der Waals surface area contributed by atoms with E-state index in [-0.39, 0.29) is 35.4 Å². The van der Waals surface area contributed by atoms with Crippen molar-refractivity contribution in [3.8, 4) is 5.75 Å². The lowest BCUT2D eigenvalue weighted by Gasteiger charge is -2.24. The molecule has 3 heterocycles. The van der Waals surface area contributed by atoms with Crippen LogP contribution in [0.3, 0.4) is 0 Å². The highest BCUT2D eigenvalue weighted by atomic mass is 32.1. The first-order valence-corrected chi connectivity index (χ1v) is 15.0. The van der Waals surface area contributed by atoms with E-state index < -0.39 is 29.3 Å². The van der Waals surface area contributed by atoms with Gasteiger partial charge in [-0.2, -0.15) is 18.2 Å². The molecule has 0 saturated carbocycles. The van der Waals surface area contributed by atoms with Gasteiger partial charge in [0, 0.05) is 36.7 Å². The van der Waals surface area contributed by atoms with E-state index >= 15 is 0 Å². The van der Waals surface area contributed by atoms with E-state index in [4.69, 9.17) is 14.2 Å². The van der Waals surface area contributed by atoms with Crippen molar-refractivity contribution in [3.05, 3.63) is 45.2 Å². The summed E-state index contributed by atoms with van der Waals surface area (Å²) in [7, 11) is 0. The van der Waals surface area contributed by atoms with Crippen LogP contribution in [0.1, 0.15) is 81.6 Å².